The zero-order valence-corrected chi connectivity index (χ0v) is 8.49. The van der Waals surface area contributed by atoms with E-state index in [1.807, 2.05) is 25.1 Å². The molecule has 0 aliphatic heterocycles. The van der Waals surface area contributed by atoms with Gasteiger partial charge in [0.2, 0.25) is 0 Å². The van der Waals surface area contributed by atoms with Crippen LogP contribution in [0.1, 0.15) is 18.7 Å². The quantitative estimate of drug-likeness (QED) is 0.781. The SMILES string of the molecule is CC(N)c1ccc2cc(Cl)cnc2n1. The van der Waals surface area contributed by atoms with Gasteiger partial charge in [-0.2, -0.15) is 0 Å². The van der Waals surface area contributed by atoms with Crippen molar-refractivity contribution in [3.8, 4) is 0 Å². The number of hydrogen-bond donors (Lipinski definition) is 1. The summed E-state index contributed by atoms with van der Waals surface area (Å²) in [4.78, 5) is 8.45. The molecule has 2 heterocycles. The van der Waals surface area contributed by atoms with Crippen LogP contribution in [0.4, 0.5) is 0 Å². The maximum Gasteiger partial charge on any atom is 0.159 e. The van der Waals surface area contributed by atoms with Gasteiger partial charge in [-0.3, -0.25) is 0 Å². The Bertz CT molecular complexity index is 468. The Kier molecular flexibility index (Phi) is 2.35. The van der Waals surface area contributed by atoms with Gasteiger partial charge in [-0.1, -0.05) is 11.6 Å². The van der Waals surface area contributed by atoms with Crippen molar-refractivity contribution in [1.29, 1.82) is 0 Å². The Hall–Kier alpha value is -1.19. The van der Waals surface area contributed by atoms with E-state index in [-0.39, 0.29) is 6.04 Å². The van der Waals surface area contributed by atoms with E-state index in [9.17, 15) is 0 Å². The van der Waals surface area contributed by atoms with Crippen LogP contribution in [0, 0.1) is 0 Å². The molecule has 0 saturated heterocycles. The largest absolute Gasteiger partial charge is 0.323 e. The van der Waals surface area contributed by atoms with Crippen molar-refractivity contribution in [3.63, 3.8) is 0 Å². The zero-order valence-electron chi connectivity index (χ0n) is 7.74. The monoisotopic (exact) mass is 207 g/mol. The molecule has 1 atom stereocenters. The minimum absolute atomic E-state index is 0.0723. The van der Waals surface area contributed by atoms with Crippen LogP contribution < -0.4 is 5.73 Å². The molecule has 72 valence electrons. The summed E-state index contributed by atoms with van der Waals surface area (Å²) in [5.74, 6) is 0. The predicted octanol–water partition coefficient (Wildman–Crippen LogP) is 2.30. The minimum Gasteiger partial charge on any atom is -0.323 e. The first-order chi connectivity index (χ1) is 6.66. The van der Waals surface area contributed by atoms with Gasteiger partial charge in [0, 0.05) is 17.6 Å². The molecule has 0 saturated carbocycles. The number of rotatable bonds is 1. The first-order valence-corrected chi connectivity index (χ1v) is 4.72. The topological polar surface area (TPSA) is 51.8 Å². The highest BCUT2D eigenvalue weighted by molar-refractivity contribution is 6.31. The van der Waals surface area contributed by atoms with E-state index in [2.05, 4.69) is 9.97 Å². The maximum absolute atomic E-state index is 5.81. The predicted molar refractivity (Wildman–Crippen MR) is 57.2 cm³/mol. The molecule has 2 aromatic rings. The highest BCUT2D eigenvalue weighted by Crippen LogP contribution is 2.17. The molecular formula is C10H10ClN3. The number of pyridine rings is 2. The average molecular weight is 208 g/mol. The molecule has 4 heteroatoms. The lowest BCUT2D eigenvalue weighted by molar-refractivity contribution is 0.785. The van der Waals surface area contributed by atoms with E-state index in [0.717, 1.165) is 11.1 Å². The number of nitrogens with zero attached hydrogens (tertiary/aromatic N) is 2. The van der Waals surface area contributed by atoms with Crippen LogP contribution in [0.3, 0.4) is 0 Å². The fourth-order valence-electron chi connectivity index (χ4n) is 1.25. The van der Waals surface area contributed by atoms with Crippen LogP contribution in [0.2, 0.25) is 5.02 Å². The Morgan fingerprint density at radius 2 is 2.21 bits per heavy atom. The van der Waals surface area contributed by atoms with Crippen molar-refractivity contribution >= 4 is 22.6 Å². The van der Waals surface area contributed by atoms with Crippen molar-refractivity contribution in [2.24, 2.45) is 5.73 Å². The molecule has 0 radical (unpaired) electrons. The van der Waals surface area contributed by atoms with Crippen LogP contribution in [0.15, 0.2) is 24.4 Å². The fraction of sp³-hybridized carbons (Fsp3) is 0.200. The van der Waals surface area contributed by atoms with Crippen molar-refractivity contribution in [2.45, 2.75) is 13.0 Å². The lowest BCUT2D eigenvalue weighted by Crippen LogP contribution is -2.07. The molecule has 0 aliphatic carbocycles. The molecule has 2 rings (SSSR count). The van der Waals surface area contributed by atoms with Gasteiger partial charge >= 0.3 is 0 Å². The molecule has 3 nitrogen and oxygen atoms in total. The van der Waals surface area contributed by atoms with Gasteiger partial charge in [-0.25, -0.2) is 9.97 Å². The summed E-state index contributed by atoms with van der Waals surface area (Å²) in [6.45, 7) is 1.89. The van der Waals surface area contributed by atoms with Crippen molar-refractivity contribution in [3.05, 3.63) is 35.1 Å². The summed E-state index contributed by atoms with van der Waals surface area (Å²) in [6.07, 6.45) is 1.59. The lowest BCUT2D eigenvalue weighted by atomic mass is 10.2. The second kappa shape index (κ2) is 3.52. The average Bonchev–Trinajstić information content (AvgIpc) is 2.16. The summed E-state index contributed by atoms with van der Waals surface area (Å²) < 4.78 is 0. The number of aromatic nitrogens is 2. The third kappa shape index (κ3) is 1.69. The van der Waals surface area contributed by atoms with Crippen LogP contribution >= 0.6 is 11.6 Å². The van der Waals surface area contributed by atoms with Crippen LogP contribution in [-0.2, 0) is 0 Å². The molecule has 2 N–H and O–H groups in total. The fourth-order valence-corrected chi connectivity index (χ4v) is 1.42. The summed E-state index contributed by atoms with van der Waals surface area (Å²) in [5, 5.41) is 1.55. The molecule has 0 amide bonds. The van der Waals surface area contributed by atoms with Gasteiger partial charge in [0.15, 0.2) is 5.65 Å². The molecule has 0 bridgehead atoms. The van der Waals surface area contributed by atoms with E-state index in [1.165, 1.54) is 0 Å². The van der Waals surface area contributed by atoms with E-state index in [1.54, 1.807) is 6.20 Å². The van der Waals surface area contributed by atoms with Crippen LogP contribution in [0.5, 0.6) is 0 Å². The number of fused-ring (bicyclic) bond motifs is 1. The third-order valence-corrected chi connectivity index (χ3v) is 2.20. The minimum atomic E-state index is -0.0723. The van der Waals surface area contributed by atoms with E-state index in [0.29, 0.717) is 10.7 Å². The Morgan fingerprint density at radius 3 is 2.93 bits per heavy atom. The second-order valence-electron chi connectivity index (χ2n) is 3.23. The van der Waals surface area contributed by atoms with Crippen LogP contribution in [0.25, 0.3) is 11.0 Å². The molecule has 0 spiro atoms. The van der Waals surface area contributed by atoms with Gasteiger partial charge in [-0.15, -0.1) is 0 Å². The van der Waals surface area contributed by atoms with Gasteiger partial charge in [0.25, 0.3) is 0 Å². The number of nitrogens with two attached hydrogens (primary N) is 1. The van der Waals surface area contributed by atoms with Gasteiger partial charge in [0.05, 0.1) is 10.7 Å². The van der Waals surface area contributed by atoms with Gasteiger partial charge in [-0.05, 0) is 25.1 Å². The smallest absolute Gasteiger partial charge is 0.159 e. The summed E-state index contributed by atoms with van der Waals surface area (Å²) in [5.41, 5.74) is 7.24. The van der Waals surface area contributed by atoms with Crippen molar-refractivity contribution < 1.29 is 0 Å². The molecule has 14 heavy (non-hydrogen) atoms. The highest BCUT2D eigenvalue weighted by Gasteiger charge is 2.03. The normalized spacial score (nSPS) is 13.1. The van der Waals surface area contributed by atoms with E-state index >= 15 is 0 Å². The lowest BCUT2D eigenvalue weighted by Gasteiger charge is -2.05. The standard InChI is InChI=1S/C10H10ClN3/c1-6(12)9-3-2-7-4-8(11)5-13-10(7)14-9/h2-6H,12H2,1H3. The molecular weight excluding hydrogens is 198 g/mol. The maximum atomic E-state index is 5.81. The molecule has 1 unspecified atom stereocenters. The molecule has 0 aliphatic rings. The summed E-state index contributed by atoms with van der Waals surface area (Å²) >= 11 is 5.81. The zero-order chi connectivity index (χ0) is 10.1. The van der Waals surface area contributed by atoms with Crippen molar-refractivity contribution in [2.75, 3.05) is 0 Å². The molecule has 0 aromatic carbocycles. The summed E-state index contributed by atoms with van der Waals surface area (Å²) in [7, 11) is 0. The number of hydrogen-bond acceptors (Lipinski definition) is 3. The third-order valence-electron chi connectivity index (χ3n) is 2.00. The number of halogens is 1. The first kappa shape index (κ1) is 9.37. The van der Waals surface area contributed by atoms with Gasteiger partial charge < -0.3 is 5.73 Å². The van der Waals surface area contributed by atoms with Crippen LogP contribution in [-0.4, -0.2) is 9.97 Å². The Morgan fingerprint density at radius 1 is 1.43 bits per heavy atom. The van der Waals surface area contributed by atoms with Gasteiger partial charge in [0.1, 0.15) is 0 Å². The molecule has 2 aromatic heterocycles. The van der Waals surface area contributed by atoms with E-state index in [4.69, 9.17) is 17.3 Å². The second-order valence-corrected chi connectivity index (χ2v) is 3.66. The Balaban J connectivity index is 2.62. The first-order valence-electron chi connectivity index (χ1n) is 4.34. The van der Waals surface area contributed by atoms with Crippen molar-refractivity contribution in [1.82, 2.24) is 9.97 Å². The van der Waals surface area contributed by atoms with E-state index < -0.39 is 0 Å². The Labute approximate surface area is 86.9 Å². The highest BCUT2D eigenvalue weighted by atomic mass is 35.5. The summed E-state index contributed by atoms with van der Waals surface area (Å²) in [6, 6.07) is 5.59. The molecule has 0 fully saturated rings.